The van der Waals surface area contributed by atoms with Gasteiger partial charge in [0.05, 0.1) is 5.56 Å². The molecule has 0 saturated carbocycles. The standard InChI is InChI=1S/C13H18FN3OS/c1-9-7-17(5-6-19-9)8-10-3-2-4-11(12(10)14)13(15)16-18/h2-4,9,18H,5-8H2,1H3,(H2,15,16). The summed E-state index contributed by atoms with van der Waals surface area (Å²) in [5.41, 5.74) is 6.20. The molecule has 0 spiro atoms. The molecule has 0 aliphatic carbocycles. The molecule has 0 aromatic heterocycles. The van der Waals surface area contributed by atoms with E-state index in [1.807, 2.05) is 11.8 Å². The summed E-state index contributed by atoms with van der Waals surface area (Å²) in [5.74, 6) is 0.480. The van der Waals surface area contributed by atoms with Crippen LogP contribution in [0.1, 0.15) is 18.1 Å². The minimum atomic E-state index is -0.399. The molecule has 1 heterocycles. The van der Waals surface area contributed by atoms with Crippen molar-refractivity contribution in [2.45, 2.75) is 18.7 Å². The molecule has 1 aromatic rings. The summed E-state index contributed by atoms with van der Waals surface area (Å²) in [6, 6.07) is 4.99. The second kappa shape index (κ2) is 6.25. The lowest BCUT2D eigenvalue weighted by Crippen LogP contribution is -2.36. The first-order valence-corrected chi connectivity index (χ1v) is 7.26. The molecule has 3 N–H and O–H groups in total. The molecule has 6 heteroatoms. The first-order chi connectivity index (χ1) is 9.11. The normalized spacial score (nSPS) is 21.6. The van der Waals surface area contributed by atoms with Crippen LogP contribution in [0.15, 0.2) is 23.4 Å². The van der Waals surface area contributed by atoms with Crippen molar-refractivity contribution in [2.24, 2.45) is 10.9 Å². The molecule has 1 aliphatic heterocycles. The van der Waals surface area contributed by atoms with E-state index < -0.39 is 5.82 Å². The fourth-order valence-corrected chi connectivity index (χ4v) is 3.31. The predicted molar refractivity (Wildman–Crippen MR) is 76.1 cm³/mol. The van der Waals surface area contributed by atoms with Gasteiger partial charge in [0.1, 0.15) is 5.82 Å². The maximum atomic E-state index is 14.3. The number of hydrogen-bond acceptors (Lipinski definition) is 4. The van der Waals surface area contributed by atoms with E-state index >= 15 is 0 Å². The third-order valence-corrected chi connectivity index (χ3v) is 4.32. The first-order valence-electron chi connectivity index (χ1n) is 6.21. The summed E-state index contributed by atoms with van der Waals surface area (Å²) in [4.78, 5) is 2.23. The molecule has 1 atom stereocenters. The molecule has 0 radical (unpaired) electrons. The fourth-order valence-electron chi connectivity index (χ4n) is 2.23. The molecular formula is C13H18FN3OS. The Balaban J connectivity index is 2.16. The molecule has 0 bridgehead atoms. The van der Waals surface area contributed by atoms with E-state index in [4.69, 9.17) is 10.9 Å². The molecular weight excluding hydrogens is 265 g/mol. The zero-order valence-electron chi connectivity index (χ0n) is 10.8. The molecule has 1 aromatic carbocycles. The van der Waals surface area contributed by atoms with E-state index in [1.54, 1.807) is 12.1 Å². The zero-order valence-corrected chi connectivity index (χ0v) is 11.7. The van der Waals surface area contributed by atoms with Crippen LogP contribution in [0.5, 0.6) is 0 Å². The van der Waals surface area contributed by atoms with Crippen molar-refractivity contribution >= 4 is 17.6 Å². The average molecular weight is 283 g/mol. The van der Waals surface area contributed by atoms with Gasteiger partial charge in [-0.15, -0.1) is 0 Å². The van der Waals surface area contributed by atoms with Crippen LogP contribution in [0.2, 0.25) is 0 Å². The zero-order chi connectivity index (χ0) is 13.8. The molecule has 19 heavy (non-hydrogen) atoms. The topological polar surface area (TPSA) is 61.8 Å². The average Bonchev–Trinajstić information content (AvgIpc) is 2.40. The summed E-state index contributed by atoms with van der Waals surface area (Å²) in [6.07, 6.45) is 0. The van der Waals surface area contributed by atoms with Gasteiger partial charge in [-0.1, -0.05) is 24.2 Å². The van der Waals surface area contributed by atoms with Gasteiger partial charge >= 0.3 is 0 Å². The van der Waals surface area contributed by atoms with Crippen molar-refractivity contribution in [3.05, 3.63) is 35.1 Å². The van der Waals surface area contributed by atoms with Gasteiger partial charge in [-0.05, 0) is 6.07 Å². The highest BCUT2D eigenvalue weighted by molar-refractivity contribution is 7.99. The molecule has 2 rings (SSSR count). The minimum Gasteiger partial charge on any atom is -0.409 e. The third-order valence-electron chi connectivity index (χ3n) is 3.18. The van der Waals surface area contributed by atoms with Crippen molar-refractivity contribution in [3.8, 4) is 0 Å². The van der Waals surface area contributed by atoms with Crippen LogP contribution in [0, 0.1) is 5.82 Å². The van der Waals surface area contributed by atoms with Gasteiger partial charge in [-0.25, -0.2) is 4.39 Å². The number of hydrogen-bond donors (Lipinski definition) is 2. The van der Waals surface area contributed by atoms with Crippen LogP contribution in [0.25, 0.3) is 0 Å². The lowest BCUT2D eigenvalue weighted by atomic mass is 10.1. The Bertz CT molecular complexity index is 481. The predicted octanol–water partition coefficient (Wildman–Crippen LogP) is 1.86. The monoisotopic (exact) mass is 283 g/mol. The lowest BCUT2D eigenvalue weighted by molar-refractivity contribution is 0.274. The van der Waals surface area contributed by atoms with Crippen LogP contribution >= 0.6 is 11.8 Å². The molecule has 1 aliphatic rings. The molecule has 0 amide bonds. The fraction of sp³-hybridized carbons (Fsp3) is 0.462. The van der Waals surface area contributed by atoms with E-state index in [0.29, 0.717) is 17.4 Å². The van der Waals surface area contributed by atoms with Crippen LogP contribution in [0.4, 0.5) is 4.39 Å². The number of halogens is 1. The Morgan fingerprint density at radius 2 is 2.42 bits per heavy atom. The number of benzene rings is 1. The number of rotatable bonds is 3. The van der Waals surface area contributed by atoms with E-state index in [0.717, 1.165) is 18.8 Å². The Hall–Kier alpha value is -1.27. The van der Waals surface area contributed by atoms with Gasteiger partial charge in [0.2, 0.25) is 0 Å². The maximum Gasteiger partial charge on any atom is 0.173 e. The van der Waals surface area contributed by atoms with Crippen LogP contribution in [-0.4, -0.2) is 40.0 Å². The van der Waals surface area contributed by atoms with Gasteiger partial charge in [0.15, 0.2) is 5.84 Å². The van der Waals surface area contributed by atoms with Crippen molar-refractivity contribution < 1.29 is 9.60 Å². The summed E-state index contributed by atoms with van der Waals surface area (Å²) >= 11 is 1.94. The third kappa shape index (κ3) is 3.39. The second-order valence-corrected chi connectivity index (χ2v) is 6.23. The van der Waals surface area contributed by atoms with E-state index in [9.17, 15) is 4.39 Å². The van der Waals surface area contributed by atoms with Crippen LogP contribution in [0.3, 0.4) is 0 Å². The maximum absolute atomic E-state index is 14.3. The Morgan fingerprint density at radius 3 is 3.11 bits per heavy atom. The summed E-state index contributed by atoms with van der Waals surface area (Å²) in [5, 5.41) is 12.1. The van der Waals surface area contributed by atoms with Crippen molar-refractivity contribution in [2.75, 3.05) is 18.8 Å². The van der Waals surface area contributed by atoms with Crippen LogP contribution < -0.4 is 5.73 Å². The minimum absolute atomic E-state index is 0.152. The molecule has 1 saturated heterocycles. The molecule has 104 valence electrons. The quantitative estimate of drug-likeness (QED) is 0.385. The highest BCUT2D eigenvalue weighted by atomic mass is 32.2. The number of thioether (sulfide) groups is 1. The Kier molecular flexibility index (Phi) is 4.66. The number of oxime groups is 1. The lowest BCUT2D eigenvalue weighted by Gasteiger charge is -2.30. The van der Waals surface area contributed by atoms with E-state index in [1.165, 1.54) is 6.07 Å². The number of nitrogens with two attached hydrogens (primary N) is 1. The second-order valence-electron chi connectivity index (χ2n) is 4.68. The van der Waals surface area contributed by atoms with E-state index in [-0.39, 0.29) is 11.4 Å². The number of nitrogens with zero attached hydrogens (tertiary/aromatic N) is 2. The number of amidine groups is 1. The van der Waals surface area contributed by atoms with Crippen molar-refractivity contribution in [1.29, 1.82) is 0 Å². The molecule has 1 fully saturated rings. The smallest absolute Gasteiger partial charge is 0.173 e. The Morgan fingerprint density at radius 1 is 1.63 bits per heavy atom. The summed E-state index contributed by atoms with van der Waals surface area (Å²) in [7, 11) is 0. The molecule has 1 unspecified atom stereocenters. The SMILES string of the molecule is CC1CN(Cc2cccc(/C(N)=N/O)c2F)CCS1. The highest BCUT2D eigenvalue weighted by Crippen LogP contribution is 2.21. The van der Waals surface area contributed by atoms with Gasteiger partial charge in [0, 0.05) is 36.2 Å². The van der Waals surface area contributed by atoms with Gasteiger partial charge in [0.25, 0.3) is 0 Å². The Labute approximate surface area is 116 Å². The summed E-state index contributed by atoms with van der Waals surface area (Å²) < 4.78 is 14.3. The molecule has 4 nitrogen and oxygen atoms in total. The van der Waals surface area contributed by atoms with E-state index in [2.05, 4.69) is 17.0 Å². The van der Waals surface area contributed by atoms with Gasteiger partial charge < -0.3 is 10.9 Å². The largest absolute Gasteiger partial charge is 0.409 e. The summed E-state index contributed by atoms with van der Waals surface area (Å²) in [6.45, 7) is 4.66. The van der Waals surface area contributed by atoms with Crippen LogP contribution in [-0.2, 0) is 6.54 Å². The van der Waals surface area contributed by atoms with Gasteiger partial charge in [-0.2, -0.15) is 11.8 Å². The first kappa shape index (κ1) is 14.1. The van der Waals surface area contributed by atoms with Crippen molar-refractivity contribution in [3.63, 3.8) is 0 Å². The van der Waals surface area contributed by atoms with Gasteiger partial charge in [-0.3, -0.25) is 4.90 Å². The highest BCUT2D eigenvalue weighted by Gasteiger charge is 2.19. The van der Waals surface area contributed by atoms with Crippen molar-refractivity contribution in [1.82, 2.24) is 4.90 Å².